The highest BCUT2D eigenvalue weighted by Gasteiger charge is 2.33. The first kappa shape index (κ1) is 16.0. The second kappa shape index (κ2) is 6.71. The van der Waals surface area contributed by atoms with Gasteiger partial charge in [0.05, 0.1) is 6.54 Å². The first-order valence-corrected chi connectivity index (χ1v) is 8.45. The van der Waals surface area contributed by atoms with Crippen molar-refractivity contribution in [3.63, 3.8) is 0 Å². The molecule has 3 rings (SSSR count). The molecule has 1 saturated heterocycles. The highest BCUT2D eigenvalue weighted by Crippen LogP contribution is 2.28. The van der Waals surface area contributed by atoms with E-state index in [0.717, 1.165) is 19.4 Å². The molecule has 0 aromatic heterocycles. The summed E-state index contributed by atoms with van der Waals surface area (Å²) in [6.45, 7) is 6.51. The Labute approximate surface area is 137 Å². The zero-order valence-electron chi connectivity index (χ0n) is 13.9. The molecule has 0 bridgehead atoms. The lowest BCUT2D eigenvalue weighted by Gasteiger charge is -2.23. The van der Waals surface area contributed by atoms with Gasteiger partial charge in [0, 0.05) is 25.7 Å². The van der Waals surface area contributed by atoms with Crippen LogP contribution in [0, 0.1) is 0 Å². The average molecular weight is 315 g/mol. The minimum Gasteiger partial charge on any atom is -0.336 e. The van der Waals surface area contributed by atoms with E-state index in [1.165, 1.54) is 16.0 Å². The number of amides is 3. The van der Waals surface area contributed by atoms with Gasteiger partial charge in [-0.1, -0.05) is 38.1 Å². The van der Waals surface area contributed by atoms with Crippen LogP contribution in [0.2, 0.25) is 0 Å². The SMILES string of the molecule is CC(C)c1ccc(CN(CC(=O)N2CCNC2=O)C2CC2)cc1. The molecule has 23 heavy (non-hydrogen) atoms. The summed E-state index contributed by atoms with van der Waals surface area (Å²) in [6.07, 6.45) is 2.28. The van der Waals surface area contributed by atoms with Gasteiger partial charge in [-0.3, -0.25) is 14.6 Å². The Morgan fingerprint density at radius 2 is 2.00 bits per heavy atom. The number of carbonyl (C=O) groups excluding carboxylic acids is 2. The van der Waals surface area contributed by atoms with Crippen molar-refractivity contribution in [1.29, 1.82) is 0 Å². The fourth-order valence-corrected chi connectivity index (χ4v) is 2.96. The Balaban J connectivity index is 1.62. The maximum absolute atomic E-state index is 12.4. The fraction of sp³-hybridized carbons (Fsp3) is 0.556. The topological polar surface area (TPSA) is 52.7 Å². The molecule has 0 unspecified atom stereocenters. The molecule has 1 saturated carbocycles. The number of hydrogen-bond donors (Lipinski definition) is 1. The summed E-state index contributed by atoms with van der Waals surface area (Å²) in [6, 6.07) is 8.86. The van der Waals surface area contributed by atoms with Crippen LogP contribution in [0.1, 0.15) is 43.7 Å². The molecule has 1 heterocycles. The number of rotatable bonds is 6. The molecule has 1 aliphatic heterocycles. The molecule has 0 atom stereocenters. The van der Waals surface area contributed by atoms with E-state index in [9.17, 15) is 9.59 Å². The van der Waals surface area contributed by atoms with Gasteiger partial charge in [0.1, 0.15) is 0 Å². The van der Waals surface area contributed by atoms with Crippen LogP contribution in [0.4, 0.5) is 4.79 Å². The van der Waals surface area contributed by atoms with Crippen molar-refractivity contribution in [2.75, 3.05) is 19.6 Å². The third kappa shape index (κ3) is 3.91. The number of nitrogens with one attached hydrogen (secondary N) is 1. The summed E-state index contributed by atoms with van der Waals surface area (Å²) >= 11 is 0. The summed E-state index contributed by atoms with van der Waals surface area (Å²) in [5.74, 6) is 0.435. The van der Waals surface area contributed by atoms with E-state index in [4.69, 9.17) is 0 Å². The molecule has 3 amide bonds. The number of carbonyl (C=O) groups is 2. The summed E-state index contributed by atoms with van der Waals surface area (Å²) in [7, 11) is 0. The maximum Gasteiger partial charge on any atom is 0.324 e. The fourth-order valence-electron chi connectivity index (χ4n) is 2.96. The Morgan fingerprint density at radius 1 is 1.30 bits per heavy atom. The summed E-state index contributed by atoms with van der Waals surface area (Å²) < 4.78 is 0. The zero-order valence-corrected chi connectivity index (χ0v) is 13.9. The normalized spacial score (nSPS) is 17.9. The van der Waals surface area contributed by atoms with E-state index in [-0.39, 0.29) is 11.9 Å². The van der Waals surface area contributed by atoms with Crippen molar-refractivity contribution < 1.29 is 9.59 Å². The number of imide groups is 1. The standard InChI is InChI=1S/C18H25N3O2/c1-13(2)15-5-3-14(4-6-15)11-20(16-7-8-16)12-17(22)21-10-9-19-18(21)23/h3-6,13,16H,7-12H2,1-2H3,(H,19,23). The van der Waals surface area contributed by atoms with Crippen LogP contribution in [0.5, 0.6) is 0 Å². The Morgan fingerprint density at radius 3 is 2.52 bits per heavy atom. The molecule has 0 spiro atoms. The van der Waals surface area contributed by atoms with E-state index in [0.29, 0.717) is 31.6 Å². The first-order valence-electron chi connectivity index (χ1n) is 8.45. The number of hydrogen-bond acceptors (Lipinski definition) is 3. The van der Waals surface area contributed by atoms with Gasteiger partial charge in [-0.15, -0.1) is 0 Å². The lowest BCUT2D eigenvalue weighted by Crippen LogP contribution is -2.42. The van der Waals surface area contributed by atoms with E-state index in [1.54, 1.807) is 0 Å². The summed E-state index contributed by atoms with van der Waals surface area (Å²) in [4.78, 5) is 27.5. The van der Waals surface area contributed by atoms with Gasteiger partial charge in [-0.05, 0) is 29.9 Å². The van der Waals surface area contributed by atoms with Crippen LogP contribution in [-0.4, -0.2) is 47.4 Å². The highest BCUT2D eigenvalue weighted by atomic mass is 16.2. The molecule has 1 N–H and O–H groups in total. The second-order valence-electron chi connectivity index (χ2n) is 6.81. The van der Waals surface area contributed by atoms with Crippen LogP contribution >= 0.6 is 0 Å². The van der Waals surface area contributed by atoms with Crippen molar-refractivity contribution in [2.45, 2.75) is 45.2 Å². The van der Waals surface area contributed by atoms with Crippen LogP contribution in [0.25, 0.3) is 0 Å². The predicted molar refractivity (Wildman–Crippen MR) is 89.1 cm³/mol. The van der Waals surface area contributed by atoms with Crippen LogP contribution in [0.3, 0.4) is 0 Å². The van der Waals surface area contributed by atoms with Crippen molar-refractivity contribution >= 4 is 11.9 Å². The van der Waals surface area contributed by atoms with Crippen molar-refractivity contribution in [3.8, 4) is 0 Å². The van der Waals surface area contributed by atoms with E-state index in [2.05, 4.69) is 48.3 Å². The van der Waals surface area contributed by atoms with Gasteiger partial charge >= 0.3 is 6.03 Å². The molecule has 0 radical (unpaired) electrons. The molecular formula is C18H25N3O2. The molecule has 2 fully saturated rings. The largest absolute Gasteiger partial charge is 0.336 e. The van der Waals surface area contributed by atoms with Crippen molar-refractivity contribution in [2.24, 2.45) is 0 Å². The summed E-state index contributed by atoms with van der Waals surface area (Å²) in [5.41, 5.74) is 2.55. The first-order chi connectivity index (χ1) is 11.0. The van der Waals surface area contributed by atoms with E-state index >= 15 is 0 Å². The van der Waals surface area contributed by atoms with Crippen molar-refractivity contribution in [1.82, 2.24) is 15.1 Å². The molecule has 1 aromatic carbocycles. The Bertz CT molecular complexity index is 578. The molecule has 5 heteroatoms. The zero-order chi connectivity index (χ0) is 16.4. The lowest BCUT2D eigenvalue weighted by atomic mass is 10.0. The van der Waals surface area contributed by atoms with Gasteiger partial charge in [-0.2, -0.15) is 0 Å². The van der Waals surface area contributed by atoms with Crippen LogP contribution in [0.15, 0.2) is 24.3 Å². The molecule has 2 aliphatic rings. The molecule has 5 nitrogen and oxygen atoms in total. The second-order valence-corrected chi connectivity index (χ2v) is 6.81. The van der Waals surface area contributed by atoms with Crippen molar-refractivity contribution in [3.05, 3.63) is 35.4 Å². The van der Waals surface area contributed by atoms with E-state index in [1.807, 2.05) is 0 Å². The maximum atomic E-state index is 12.4. The lowest BCUT2D eigenvalue weighted by molar-refractivity contribution is -0.129. The Kier molecular flexibility index (Phi) is 4.66. The average Bonchev–Trinajstić information content (AvgIpc) is 3.28. The number of nitrogens with zero attached hydrogens (tertiary/aromatic N) is 2. The minimum atomic E-state index is -0.257. The summed E-state index contributed by atoms with van der Waals surface area (Å²) in [5, 5.41) is 2.68. The smallest absolute Gasteiger partial charge is 0.324 e. The quantitative estimate of drug-likeness (QED) is 0.876. The van der Waals surface area contributed by atoms with E-state index < -0.39 is 0 Å². The van der Waals surface area contributed by atoms with Gasteiger partial charge < -0.3 is 5.32 Å². The van der Waals surface area contributed by atoms with Crippen LogP contribution < -0.4 is 5.32 Å². The number of urea groups is 1. The third-order valence-electron chi connectivity index (χ3n) is 4.59. The number of benzene rings is 1. The van der Waals surface area contributed by atoms with Gasteiger partial charge in [0.2, 0.25) is 5.91 Å². The molecular weight excluding hydrogens is 290 g/mol. The molecule has 1 aromatic rings. The molecule has 1 aliphatic carbocycles. The van der Waals surface area contributed by atoms with Gasteiger partial charge in [-0.25, -0.2) is 4.79 Å². The monoisotopic (exact) mass is 315 g/mol. The minimum absolute atomic E-state index is 0.0919. The van der Waals surface area contributed by atoms with Gasteiger partial charge in [0.15, 0.2) is 0 Å². The third-order valence-corrected chi connectivity index (χ3v) is 4.59. The van der Waals surface area contributed by atoms with Gasteiger partial charge in [0.25, 0.3) is 0 Å². The highest BCUT2D eigenvalue weighted by molar-refractivity contribution is 5.96. The van der Waals surface area contributed by atoms with Crippen LogP contribution in [-0.2, 0) is 11.3 Å². The Hall–Kier alpha value is -1.88. The predicted octanol–water partition coefficient (Wildman–Crippen LogP) is 2.33. The molecule has 124 valence electrons.